The highest BCUT2D eigenvalue weighted by atomic mass is 15.2. The maximum absolute atomic E-state index is 4.77. The molecule has 0 radical (unpaired) electrons. The van der Waals surface area contributed by atoms with Crippen molar-refractivity contribution in [1.29, 1.82) is 0 Å². The Balaban J connectivity index is 1.65. The van der Waals surface area contributed by atoms with Gasteiger partial charge in [0.25, 0.3) is 0 Å². The van der Waals surface area contributed by atoms with E-state index < -0.39 is 0 Å². The number of hydrogen-bond acceptors (Lipinski definition) is 4. The molecule has 2 aromatic carbocycles. The minimum Gasteiger partial charge on any atom is -0.326 e. The van der Waals surface area contributed by atoms with Crippen LogP contribution in [0.15, 0.2) is 60.8 Å². The van der Waals surface area contributed by atoms with E-state index in [0.29, 0.717) is 5.95 Å². The van der Waals surface area contributed by atoms with Gasteiger partial charge in [-0.25, -0.2) is 4.98 Å². The first-order valence-electron chi connectivity index (χ1n) is 8.88. The zero-order valence-electron chi connectivity index (χ0n) is 14.4. The third-order valence-electron chi connectivity index (χ3n) is 4.67. The number of fused-ring (bicyclic) bond motifs is 1. The summed E-state index contributed by atoms with van der Waals surface area (Å²) in [7, 11) is 0. The van der Waals surface area contributed by atoms with E-state index in [0.717, 1.165) is 37.3 Å². The number of para-hydroxylation sites is 2. The number of nitrogens with one attached hydrogen (secondary N) is 1. The summed E-state index contributed by atoms with van der Waals surface area (Å²) in [5.41, 5.74) is 4.98. The molecule has 4 heteroatoms. The van der Waals surface area contributed by atoms with Gasteiger partial charge < -0.3 is 10.2 Å². The molecular weight excluding hydrogens is 308 g/mol. The summed E-state index contributed by atoms with van der Waals surface area (Å²) in [6, 6.07) is 18.9. The molecule has 1 aliphatic heterocycles. The van der Waals surface area contributed by atoms with Crippen LogP contribution in [0.3, 0.4) is 0 Å². The Kier molecular flexibility index (Phi) is 4.34. The van der Waals surface area contributed by atoms with Crippen molar-refractivity contribution >= 4 is 23.1 Å². The van der Waals surface area contributed by atoms with Crippen molar-refractivity contribution in [1.82, 2.24) is 9.97 Å². The molecule has 3 aromatic rings. The fraction of sp³-hybridized carbons (Fsp3) is 0.238. The zero-order chi connectivity index (χ0) is 17.1. The topological polar surface area (TPSA) is 41.1 Å². The molecule has 126 valence electrons. The third-order valence-corrected chi connectivity index (χ3v) is 4.67. The lowest BCUT2D eigenvalue weighted by Gasteiger charge is -2.30. The van der Waals surface area contributed by atoms with Crippen LogP contribution in [0.4, 0.5) is 23.1 Å². The van der Waals surface area contributed by atoms with Crippen LogP contribution in [-0.4, -0.2) is 16.5 Å². The minimum absolute atomic E-state index is 0.640. The molecule has 0 bridgehead atoms. The largest absolute Gasteiger partial charge is 0.326 e. The highest BCUT2D eigenvalue weighted by Crippen LogP contribution is 2.32. The van der Waals surface area contributed by atoms with Crippen LogP contribution in [0.2, 0.25) is 0 Å². The van der Waals surface area contributed by atoms with E-state index in [9.17, 15) is 0 Å². The molecule has 0 saturated heterocycles. The lowest BCUT2D eigenvalue weighted by molar-refractivity contribution is 0.759. The molecule has 0 amide bonds. The Labute approximate surface area is 148 Å². The fourth-order valence-corrected chi connectivity index (χ4v) is 3.40. The lowest BCUT2D eigenvalue weighted by atomic mass is 10.0. The van der Waals surface area contributed by atoms with E-state index in [1.807, 2.05) is 18.3 Å². The van der Waals surface area contributed by atoms with Crippen LogP contribution in [0, 0.1) is 0 Å². The number of hydrogen-bond donors (Lipinski definition) is 1. The number of benzene rings is 2. The zero-order valence-corrected chi connectivity index (χ0v) is 14.4. The smallest absolute Gasteiger partial charge is 0.229 e. The van der Waals surface area contributed by atoms with Crippen molar-refractivity contribution in [2.45, 2.75) is 26.2 Å². The monoisotopic (exact) mass is 330 g/mol. The molecule has 1 N–H and O–H groups in total. The number of aromatic nitrogens is 2. The van der Waals surface area contributed by atoms with Crippen molar-refractivity contribution in [3.8, 4) is 0 Å². The molecule has 1 aromatic heterocycles. The van der Waals surface area contributed by atoms with Crippen LogP contribution in [0.1, 0.15) is 24.5 Å². The van der Waals surface area contributed by atoms with Gasteiger partial charge in [-0.05, 0) is 48.6 Å². The van der Waals surface area contributed by atoms with Gasteiger partial charge in [0.1, 0.15) is 5.82 Å². The van der Waals surface area contributed by atoms with Crippen LogP contribution in [0.5, 0.6) is 0 Å². The Bertz CT molecular complexity index is 875. The van der Waals surface area contributed by atoms with Crippen molar-refractivity contribution in [3.63, 3.8) is 0 Å². The first-order chi connectivity index (χ1) is 12.3. The molecule has 0 fully saturated rings. The van der Waals surface area contributed by atoms with Crippen molar-refractivity contribution in [3.05, 3.63) is 71.9 Å². The van der Waals surface area contributed by atoms with Crippen LogP contribution < -0.4 is 10.2 Å². The van der Waals surface area contributed by atoms with Gasteiger partial charge in [0.15, 0.2) is 0 Å². The Morgan fingerprint density at radius 2 is 1.88 bits per heavy atom. The summed E-state index contributed by atoms with van der Waals surface area (Å²) in [5.74, 6) is 1.58. The first kappa shape index (κ1) is 15.6. The average molecular weight is 330 g/mol. The second kappa shape index (κ2) is 6.93. The van der Waals surface area contributed by atoms with Gasteiger partial charge in [-0.2, -0.15) is 4.98 Å². The summed E-state index contributed by atoms with van der Waals surface area (Å²) in [5, 5.41) is 3.38. The average Bonchev–Trinajstić information content (AvgIpc) is 2.68. The molecule has 0 atom stereocenters. The summed E-state index contributed by atoms with van der Waals surface area (Å²) >= 11 is 0. The molecule has 25 heavy (non-hydrogen) atoms. The van der Waals surface area contributed by atoms with E-state index >= 15 is 0 Å². The van der Waals surface area contributed by atoms with E-state index in [1.165, 1.54) is 16.8 Å². The van der Waals surface area contributed by atoms with Crippen LogP contribution in [-0.2, 0) is 12.8 Å². The highest BCUT2D eigenvalue weighted by Gasteiger charge is 2.19. The Hall–Kier alpha value is -2.88. The molecule has 1 aliphatic rings. The van der Waals surface area contributed by atoms with Gasteiger partial charge in [-0.15, -0.1) is 0 Å². The Morgan fingerprint density at radius 1 is 1.04 bits per heavy atom. The van der Waals surface area contributed by atoms with Crippen molar-refractivity contribution in [2.24, 2.45) is 0 Å². The summed E-state index contributed by atoms with van der Waals surface area (Å²) in [4.78, 5) is 11.5. The van der Waals surface area contributed by atoms with Crippen LogP contribution >= 0.6 is 0 Å². The van der Waals surface area contributed by atoms with Gasteiger partial charge in [-0.3, -0.25) is 0 Å². The molecule has 0 unspecified atom stereocenters. The first-order valence-corrected chi connectivity index (χ1v) is 8.88. The second-order valence-corrected chi connectivity index (χ2v) is 6.26. The molecule has 0 saturated carbocycles. The maximum atomic E-state index is 4.77. The number of rotatable bonds is 4. The normalized spacial score (nSPS) is 13.4. The van der Waals surface area contributed by atoms with E-state index in [1.54, 1.807) is 0 Å². The SMILES string of the molecule is CCc1ccccc1Nc1nccc(N2CCCc3ccccc32)n1. The van der Waals surface area contributed by atoms with E-state index in [4.69, 9.17) is 4.98 Å². The number of nitrogens with zero attached hydrogens (tertiary/aromatic N) is 3. The number of aryl methyl sites for hydroxylation is 2. The predicted octanol–water partition coefficient (Wildman–Crippen LogP) is 4.87. The molecular formula is C21H22N4. The van der Waals surface area contributed by atoms with E-state index in [2.05, 4.69) is 64.6 Å². The van der Waals surface area contributed by atoms with Crippen molar-refractivity contribution in [2.75, 3.05) is 16.8 Å². The molecule has 0 spiro atoms. The van der Waals surface area contributed by atoms with Gasteiger partial charge >= 0.3 is 0 Å². The second-order valence-electron chi connectivity index (χ2n) is 6.26. The molecule has 4 rings (SSSR count). The van der Waals surface area contributed by atoms with Gasteiger partial charge in [0.05, 0.1) is 0 Å². The van der Waals surface area contributed by atoms with Gasteiger partial charge in [0.2, 0.25) is 5.95 Å². The molecule has 0 aliphatic carbocycles. The summed E-state index contributed by atoms with van der Waals surface area (Å²) < 4.78 is 0. The predicted molar refractivity (Wildman–Crippen MR) is 103 cm³/mol. The van der Waals surface area contributed by atoms with Gasteiger partial charge in [-0.1, -0.05) is 43.3 Å². The molecule has 4 nitrogen and oxygen atoms in total. The van der Waals surface area contributed by atoms with E-state index in [-0.39, 0.29) is 0 Å². The van der Waals surface area contributed by atoms with Gasteiger partial charge in [0, 0.05) is 24.1 Å². The minimum atomic E-state index is 0.640. The standard InChI is InChI=1S/C21H22N4/c1-2-16-8-3-5-11-18(16)23-21-22-14-13-20(24-21)25-15-7-10-17-9-4-6-12-19(17)25/h3-6,8-9,11-14H,2,7,10,15H2,1H3,(H,22,23,24). The van der Waals surface area contributed by atoms with Crippen molar-refractivity contribution < 1.29 is 0 Å². The summed E-state index contributed by atoms with van der Waals surface area (Å²) in [6.07, 6.45) is 5.08. The molecule has 2 heterocycles. The summed E-state index contributed by atoms with van der Waals surface area (Å²) in [6.45, 7) is 3.14. The number of anilines is 4. The quantitative estimate of drug-likeness (QED) is 0.741. The third kappa shape index (κ3) is 3.20. The van der Waals surface area contributed by atoms with Crippen LogP contribution in [0.25, 0.3) is 0 Å². The fourth-order valence-electron chi connectivity index (χ4n) is 3.40. The lowest BCUT2D eigenvalue weighted by Crippen LogP contribution is -2.25. The maximum Gasteiger partial charge on any atom is 0.229 e. The highest BCUT2D eigenvalue weighted by molar-refractivity contribution is 5.67. The Morgan fingerprint density at radius 3 is 2.80 bits per heavy atom.